The van der Waals surface area contributed by atoms with E-state index in [4.69, 9.17) is 9.47 Å². The molecule has 2 fully saturated rings. The summed E-state index contributed by atoms with van der Waals surface area (Å²) in [7, 11) is 0. The Morgan fingerprint density at radius 2 is 1.76 bits per heavy atom. The first-order valence-electron chi connectivity index (χ1n) is 11.0. The van der Waals surface area contributed by atoms with Gasteiger partial charge in [0.05, 0.1) is 13.2 Å². The van der Waals surface area contributed by atoms with Crippen LogP contribution in [0.25, 0.3) is 0 Å². The van der Waals surface area contributed by atoms with E-state index in [0.717, 1.165) is 32.0 Å². The third-order valence-electron chi connectivity index (χ3n) is 8.48. The maximum Gasteiger partial charge on any atom is 0.302 e. The van der Waals surface area contributed by atoms with Gasteiger partial charge in [-0.2, -0.15) is 0 Å². The van der Waals surface area contributed by atoms with E-state index >= 15 is 0 Å². The van der Waals surface area contributed by atoms with E-state index in [1.165, 1.54) is 26.7 Å². The van der Waals surface area contributed by atoms with Crippen LogP contribution in [-0.4, -0.2) is 31.4 Å². The normalized spacial score (nSPS) is 38.1. The minimum absolute atomic E-state index is 0.111. The van der Waals surface area contributed by atoms with Crippen LogP contribution in [0.2, 0.25) is 0 Å². The molecule has 2 saturated carbocycles. The Morgan fingerprint density at radius 3 is 2.38 bits per heavy atom. The Balaban J connectivity index is 2.07. The van der Waals surface area contributed by atoms with Crippen molar-refractivity contribution in [2.75, 3.05) is 13.2 Å². The number of hydrogen-bond acceptors (Lipinski definition) is 5. The van der Waals surface area contributed by atoms with Crippen molar-refractivity contribution in [3.05, 3.63) is 11.6 Å². The van der Waals surface area contributed by atoms with Gasteiger partial charge < -0.3 is 9.47 Å². The molecule has 0 amide bonds. The van der Waals surface area contributed by atoms with Crippen molar-refractivity contribution in [3.8, 4) is 0 Å². The fourth-order valence-corrected chi connectivity index (χ4v) is 7.30. The van der Waals surface area contributed by atoms with E-state index in [9.17, 15) is 14.4 Å². The molecule has 0 heterocycles. The van der Waals surface area contributed by atoms with Crippen LogP contribution < -0.4 is 0 Å². The van der Waals surface area contributed by atoms with Crippen LogP contribution in [0.15, 0.2) is 11.6 Å². The number of fused-ring (bicyclic) bond motifs is 3. The highest BCUT2D eigenvalue weighted by Crippen LogP contribution is 2.68. The average Bonchev–Trinajstić information content (AvgIpc) is 2.63. The molecule has 0 aliphatic heterocycles. The first-order valence-corrected chi connectivity index (χ1v) is 11.0. The van der Waals surface area contributed by atoms with E-state index in [1.54, 1.807) is 0 Å². The number of aldehydes is 1. The molecular weight excluding hydrogens is 368 g/mol. The quantitative estimate of drug-likeness (QED) is 0.499. The second-order valence-electron chi connectivity index (χ2n) is 10.4. The third kappa shape index (κ3) is 3.77. The van der Waals surface area contributed by atoms with Gasteiger partial charge in [0, 0.05) is 25.2 Å². The average molecular weight is 405 g/mol. The molecular formula is C24H36O5. The van der Waals surface area contributed by atoms with Gasteiger partial charge >= 0.3 is 11.9 Å². The summed E-state index contributed by atoms with van der Waals surface area (Å²) < 4.78 is 11.1. The second kappa shape index (κ2) is 7.88. The van der Waals surface area contributed by atoms with E-state index in [-0.39, 0.29) is 53.2 Å². The summed E-state index contributed by atoms with van der Waals surface area (Å²) in [5, 5.41) is 0. The Labute approximate surface area is 174 Å². The van der Waals surface area contributed by atoms with Crippen molar-refractivity contribution >= 4 is 18.2 Å². The van der Waals surface area contributed by atoms with Gasteiger partial charge in [-0.25, -0.2) is 0 Å². The Hall–Kier alpha value is -1.65. The highest BCUT2D eigenvalue weighted by molar-refractivity contribution is 5.75. The van der Waals surface area contributed by atoms with Gasteiger partial charge in [-0.05, 0) is 60.3 Å². The van der Waals surface area contributed by atoms with Crippen LogP contribution in [0, 0.1) is 34.0 Å². The number of rotatable bonds is 5. The van der Waals surface area contributed by atoms with Gasteiger partial charge in [-0.3, -0.25) is 14.4 Å². The minimum Gasteiger partial charge on any atom is -0.465 e. The molecule has 5 atom stereocenters. The largest absolute Gasteiger partial charge is 0.465 e. The van der Waals surface area contributed by atoms with Crippen molar-refractivity contribution in [1.82, 2.24) is 0 Å². The molecule has 0 aromatic heterocycles. The highest BCUT2D eigenvalue weighted by atomic mass is 16.5. The lowest BCUT2D eigenvalue weighted by molar-refractivity contribution is -0.187. The molecule has 5 heteroatoms. The molecule has 3 aliphatic rings. The summed E-state index contributed by atoms with van der Waals surface area (Å²) in [5.41, 5.74) is 0.706. The van der Waals surface area contributed by atoms with E-state index in [0.29, 0.717) is 11.5 Å². The summed E-state index contributed by atoms with van der Waals surface area (Å²) in [5.74, 6) is 0.00281. The molecule has 0 unspecified atom stereocenters. The number of esters is 2. The molecule has 0 aromatic rings. The monoisotopic (exact) mass is 404 g/mol. The molecule has 162 valence electrons. The van der Waals surface area contributed by atoms with Crippen molar-refractivity contribution in [1.29, 1.82) is 0 Å². The lowest BCUT2D eigenvalue weighted by Gasteiger charge is -2.65. The predicted octanol–water partition coefficient (Wildman–Crippen LogP) is 4.49. The molecule has 0 spiro atoms. The number of carbonyl (C=O) groups excluding carboxylic acids is 3. The van der Waals surface area contributed by atoms with Gasteiger partial charge in [-0.15, -0.1) is 0 Å². The molecule has 0 aromatic carbocycles. The molecule has 3 aliphatic carbocycles. The predicted molar refractivity (Wildman–Crippen MR) is 110 cm³/mol. The molecule has 5 nitrogen and oxygen atoms in total. The van der Waals surface area contributed by atoms with Crippen LogP contribution in [0.1, 0.15) is 73.1 Å². The van der Waals surface area contributed by atoms with Crippen molar-refractivity contribution in [2.45, 2.75) is 73.1 Å². The molecule has 0 N–H and O–H groups in total. The zero-order chi connectivity index (χ0) is 21.4. The van der Waals surface area contributed by atoms with Crippen molar-refractivity contribution < 1.29 is 23.9 Å². The molecule has 0 radical (unpaired) electrons. The zero-order valence-electron chi connectivity index (χ0n) is 18.6. The Morgan fingerprint density at radius 1 is 1.07 bits per heavy atom. The summed E-state index contributed by atoms with van der Waals surface area (Å²) in [6.45, 7) is 10.5. The number of ether oxygens (including phenoxy) is 2. The van der Waals surface area contributed by atoms with Crippen LogP contribution >= 0.6 is 0 Å². The van der Waals surface area contributed by atoms with Crippen LogP contribution in [-0.2, 0) is 23.9 Å². The molecule has 0 saturated heterocycles. The van der Waals surface area contributed by atoms with Gasteiger partial charge in [0.25, 0.3) is 0 Å². The standard InChI is InChI=1S/C24H36O5/c1-16(26)28-14-19-18(13-25)7-8-21-23(5)11-6-10-22(3,4)20(23)9-12-24(19,21)15-29-17(2)27/h7,13,19-21H,6,8-12,14-15H2,1-5H3/t19-,20-,21+,23+,24-/m1/s1. The maximum atomic E-state index is 11.9. The second-order valence-corrected chi connectivity index (χ2v) is 10.4. The number of hydrogen-bond donors (Lipinski definition) is 0. The van der Waals surface area contributed by atoms with Crippen LogP contribution in [0.5, 0.6) is 0 Å². The fraction of sp³-hybridized carbons (Fsp3) is 0.792. The smallest absolute Gasteiger partial charge is 0.302 e. The van der Waals surface area contributed by atoms with Gasteiger partial charge in [0.2, 0.25) is 0 Å². The number of carbonyl (C=O) groups is 3. The lowest BCUT2D eigenvalue weighted by Crippen LogP contribution is -2.61. The zero-order valence-corrected chi connectivity index (χ0v) is 18.6. The SMILES string of the molecule is CC(=O)OC[C@@H]1C(C=O)=CC[C@H]2[C@@]3(C)CCCC(C)(C)[C@H]3CC[C@@]12COC(C)=O. The van der Waals surface area contributed by atoms with E-state index < -0.39 is 0 Å². The minimum atomic E-state index is -0.370. The number of allylic oxidation sites excluding steroid dienone is 1. The van der Waals surface area contributed by atoms with Crippen LogP contribution in [0.3, 0.4) is 0 Å². The maximum absolute atomic E-state index is 11.9. The molecule has 0 bridgehead atoms. The first kappa shape index (κ1) is 22.0. The highest BCUT2D eigenvalue weighted by Gasteiger charge is 2.63. The van der Waals surface area contributed by atoms with Gasteiger partial charge in [0.15, 0.2) is 0 Å². The van der Waals surface area contributed by atoms with Crippen molar-refractivity contribution in [2.24, 2.45) is 34.0 Å². The summed E-state index contributed by atoms with van der Waals surface area (Å²) in [6, 6.07) is 0. The molecule has 29 heavy (non-hydrogen) atoms. The molecule has 3 rings (SSSR count). The lowest BCUT2D eigenvalue weighted by atomic mass is 9.39. The van der Waals surface area contributed by atoms with Gasteiger partial charge in [0.1, 0.15) is 6.29 Å². The summed E-state index contributed by atoms with van der Waals surface area (Å²) in [6.07, 6.45) is 9.28. The Bertz CT molecular complexity index is 708. The van der Waals surface area contributed by atoms with E-state index in [1.807, 2.05) is 6.08 Å². The van der Waals surface area contributed by atoms with Crippen LogP contribution in [0.4, 0.5) is 0 Å². The Kier molecular flexibility index (Phi) is 5.99. The summed E-state index contributed by atoms with van der Waals surface area (Å²) in [4.78, 5) is 35.2. The van der Waals surface area contributed by atoms with E-state index in [2.05, 4.69) is 20.8 Å². The topological polar surface area (TPSA) is 69.7 Å². The third-order valence-corrected chi connectivity index (χ3v) is 8.48. The summed E-state index contributed by atoms with van der Waals surface area (Å²) >= 11 is 0. The van der Waals surface area contributed by atoms with Gasteiger partial charge in [-0.1, -0.05) is 33.3 Å². The first-order chi connectivity index (χ1) is 13.6. The van der Waals surface area contributed by atoms with Crippen molar-refractivity contribution in [3.63, 3.8) is 0 Å². The fourth-order valence-electron chi connectivity index (χ4n) is 7.30.